The van der Waals surface area contributed by atoms with Crippen molar-refractivity contribution >= 4 is 15.7 Å². The summed E-state index contributed by atoms with van der Waals surface area (Å²) < 4.78 is 39.5. The lowest BCUT2D eigenvalue weighted by atomic mass is 10.2. The molecule has 2 aromatic rings. The average molecular weight is 266 g/mol. The first kappa shape index (κ1) is 12.5. The number of pyridine rings is 1. The number of halogens is 1. The molecule has 94 valence electrons. The van der Waals surface area contributed by atoms with E-state index in [-0.39, 0.29) is 10.5 Å². The van der Waals surface area contributed by atoms with E-state index >= 15 is 0 Å². The van der Waals surface area contributed by atoms with Gasteiger partial charge in [-0.2, -0.15) is 0 Å². The number of hydrogen-bond donors (Lipinski definition) is 1. The van der Waals surface area contributed by atoms with Crippen LogP contribution in [-0.2, 0) is 10.0 Å². The van der Waals surface area contributed by atoms with Gasteiger partial charge in [-0.25, -0.2) is 12.8 Å². The third-order valence-electron chi connectivity index (χ3n) is 2.35. The molecule has 6 heteroatoms. The van der Waals surface area contributed by atoms with Crippen LogP contribution in [-0.4, -0.2) is 13.4 Å². The highest BCUT2D eigenvalue weighted by atomic mass is 32.2. The molecular weight excluding hydrogens is 255 g/mol. The first-order chi connectivity index (χ1) is 8.49. The zero-order chi connectivity index (χ0) is 13.2. The highest BCUT2D eigenvalue weighted by molar-refractivity contribution is 7.92. The molecule has 0 bridgehead atoms. The molecule has 2 rings (SSSR count). The molecule has 1 N–H and O–H groups in total. The largest absolute Gasteiger partial charge is 0.278 e. The van der Waals surface area contributed by atoms with Crippen molar-refractivity contribution in [2.24, 2.45) is 0 Å². The number of aryl methyl sites for hydroxylation is 1. The van der Waals surface area contributed by atoms with Gasteiger partial charge in [0.05, 0.1) is 16.8 Å². The molecule has 0 aliphatic heterocycles. The molecule has 0 atom stereocenters. The minimum Gasteiger partial charge on any atom is -0.278 e. The van der Waals surface area contributed by atoms with E-state index in [2.05, 4.69) is 9.71 Å². The molecule has 0 amide bonds. The summed E-state index contributed by atoms with van der Waals surface area (Å²) in [5.41, 5.74) is 0.642. The van der Waals surface area contributed by atoms with Gasteiger partial charge >= 0.3 is 0 Å². The van der Waals surface area contributed by atoms with E-state index in [1.54, 1.807) is 18.3 Å². The Bertz CT molecular complexity index is 657. The third-order valence-corrected chi connectivity index (χ3v) is 3.73. The molecular formula is C12H11FN2O2S. The van der Waals surface area contributed by atoms with E-state index in [1.807, 2.05) is 0 Å². The predicted octanol–water partition coefficient (Wildman–Crippen LogP) is 2.33. The second-order valence-electron chi connectivity index (χ2n) is 3.76. The second kappa shape index (κ2) is 4.73. The van der Waals surface area contributed by atoms with Gasteiger partial charge in [0.25, 0.3) is 10.0 Å². The van der Waals surface area contributed by atoms with Crippen LogP contribution in [0.1, 0.15) is 5.56 Å². The normalized spacial score (nSPS) is 11.2. The number of rotatable bonds is 3. The fourth-order valence-corrected chi connectivity index (χ4v) is 2.55. The number of benzene rings is 1. The lowest BCUT2D eigenvalue weighted by molar-refractivity contribution is 0.598. The number of aromatic nitrogens is 1. The number of sulfonamides is 1. The van der Waals surface area contributed by atoms with Gasteiger partial charge in [0.2, 0.25) is 0 Å². The molecule has 0 radical (unpaired) electrons. The summed E-state index contributed by atoms with van der Waals surface area (Å²) in [4.78, 5) is 3.83. The molecule has 1 aromatic carbocycles. The number of nitrogens with zero attached hydrogens (tertiary/aromatic N) is 1. The van der Waals surface area contributed by atoms with Crippen molar-refractivity contribution < 1.29 is 12.8 Å². The molecule has 0 saturated heterocycles. The van der Waals surface area contributed by atoms with Crippen molar-refractivity contribution in [3.8, 4) is 0 Å². The fourth-order valence-electron chi connectivity index (χ4n) is 1.42. The van der Waals surface area contributed by atoms with Crippen molar-refractivity contribution in [3.63, 3.8) is 0 Å². The Morgan fingerprint density at radius 2 is 2.06 bits per heavy atom. The summed E-state index contributed by atoms with van der Waals surface area (Å²) in [6, 6.07) is 6.84. The lowest BCUT2D eigenvalue weighted by Crippen LogP contribution is -2.13. The maximum absolute atomic E-state index is 13.1. The van der Waals surface area contributed by atoms with Crippen LogP contribution in [0.2, 0.25) is 0 Å². The van der Waals surface area contributed by atoms with E-state index in [0.29, 0.717) is 5.69 Å². The van der Waals surface area contributed by atoms with E-state index in [9.17, 15) is 12.8 Å². The Balaban J connectivity index is 2.34. The predicted molar refractivity (Wildman–Crippen MR) is 66.2 cm³/mol. The molecule has 4 nitrogen and oxygen atoms in total. The van der Waals surface area contributed by atoms with Crippen molar-refractivity contribution in [3.05, 3.63) is 54.1 Å². The van der Waals surface area contributed by atoms with E-state index < -0.39 is 15.8 Å². The van der Waals surface area contributed by atoms with E-state index in [4.69, 9.17) is 0 Å². The minimum absolute atomic E-state index is 0.0188. The first-order valence-corrected chi connectivity index (χ1v) is 6.66. The maximum atomic E-state index is 13.1. The van der Waals surface area contributed by atoms with Crippen LogP contribution >= 0.6 is 0 Å². The van der Waals surface area contributed by atoms with E-state index in [0.717, 1.165) is 6.07 Å². The summed E-state index contributed by atoms with van der Waals surface area (Å²) in [5.74, 6) is -0.435. The van der Waals surface area contributed by atoms with Crippen LogP contribution in [0.3, 0.4) is 0 Å². The zero-order valence-electron chi connectivity index (χ0n) is 9.59. The topological polar surface area (TPSA) is 59.1 Å². The maximum Gasteiger partial charge on any atom is 0.261 e. The molecule has 1 aromatic heterocycles. The van der Waals surface area contributed by atoms with Crippen molar-refractivity contribution in [1.29, 1.82) is 0 Å². The quantitative estimate of drug-likeness (QED) is 0.927. The Kier molecular flexibility index (Phi) is 3.29. The standard InChI is InChI=1S/C12H11FN2O2S/c1-9-7-11(4-5-12(9)13)18(16,17)15-10-3-2-6-14-8-10/h2-8,15H,1H3. The summed E-state index contributed by atoms with van der Waals surface area (Å²) in [5, 5.41) is 0. The summed E-state index contributed by atoms with van der Waals surface area (Å²) in [7, 11) is -3.71. The first-order valence-electron chi connectivity index (χ1n) is 5.18. The lowest BCUT2D eigenvalue weighted by Gasteiger charge is -2.08. The van der Waals surface area contributed by atoms with Gasteiger partial charge < -0.3 is 0 Å². The van der Waals surface area contributed by atoms with Crippen LogP contribution in [0, 0.1) is 12.7 Å². The number of hydrogen-bond acceptors (Lipinski definition) is 3. The van der Waals surface area contributed by atoms with Crippen molar-refractivity contribution in [2.75, 3.05) is 4.72 Å². The Hall–Kier alpha value is -1.95. The monoisotopic (exact) mass is 266 g/mol. The SMILES string of the molecule is Cc1cc(S(=O)(=O)Nc2cccnc2)ccc1F. The fraction of sp³-hybridized carbons (Fsp3) is 0.0833. The molecule has 0 fully saturated rings. The Labute approximate surface area is 105 Å². The van der Waals surface area contributed by atoms with Crippen LogP contribution in [0.4, 0.5) is 10.1 Å². The molecule has 18 heavy (non-hydrogen) atoms. The third kappa shape index (κ3) is 2.65. The van der Waals surface area contributed by atoms with Gasteiger partial charge in [0.15, 0.2) is 0 Å². The van der Waals surface area contributed by atoms with Gasteiger partial charge in [-0.1, -0.05) is 0 Å². The summed E-state index contributed by atoms with van der Waals surface area (Å²) in [6.07, 6.45) is 2.94. The molecule has 0 saturated carbocycles. The minimum atomic E-state index is -3.71. The van der Waals surface area contributed by atoms with Crippen LogP contribution in [0.5, 0.6) is 0 Å². The van der Waals surface area contributed by atoms with Gasteiger partial charge in [0.1, 0.15) is 5.82 Å². The second-order valence-corrected chi connectivity index (χ2v) is 5.44. The van der Waals surface area contributed by atoms with E-state index in [1.165, 1.54) is 25.3 Å². The highest BCUT2D eigenvalue weighted by Crippen LogP contribution is 2.17. The van der Waals surface area contributed by atoms with Crippen LogP contribution < -0.4 is 4.72 Å². The molecule has 0 unspecified atom stereocenters. The van der Waals surface area contributed by atoms with Crippen LogP contribution in [0.25, 0.3) is 0 Å². The average Bonchev–Trinajstić information content (AvgIpc) is 2.33. The number of nitrogens with one attached hydrogen (secondary N) is 1. The Morgan fingerprint density at radius 3 is 2.67 bits per heavy atom. The smallest absolute Gasteiger partial charge is 0.261 e. The molecule has 0 spiro atoms. The summed E-state index contributed by atoms with van der Waals surface area (Å²) in [6.45, 7) is 1.51. The van der Waals surface area contributed by atoms with Gasteiger partial charge in [-0.15, -0.1) is 0 Å². The molecule has 1 heterocycles. The van der Waals surface area contributed by atoms with Gasteiger partial charge in [-0.3, -0.25) is 9.71 Å². The Morgan fingerprint density at radius 1 is 1.28 bits per heavy atom. The number of anilines is 1. The van der Waals surface area contributed by atoms with Gasteiger partial charge in [0, 0.05) is 6.20 Å². The zero-order valence-corrected chi connectivity index (χ0v) is 10.4. The van der Waals surface area contributed by atoms with Crippen molar-refractivity contribution in [1.82, 2.24) is 4.98 Å². The van der Waals surface area contributed by atoms with Gasteiger partial charge in [-0.05, 0) is 42.8 Å². The molecule has 0 aliphatic rings. The van der Waals surface area contributed by atoms with Crippen molar-refractivity contribution in [2.45, 2.75) is 11.8 Å². The molecule has 0 aliphatic carbocycles. The summed E-state index contributed by atoms with van der Waals surface area (Å²) >= 11 is 0. The van der Waals surface area contributed by atoms with Crippen LogP contribution in [0.15, 0.2) is 47.6 Å². The highest BCUT2D eigenvalue weighted by Gasteiger charge is 2.15.